The summed E-state index contributed by atoms with van der Waals surface area (Å²) in [5.74, 6) is 3.49. The van der Waals surface area contributed by atoms with Gasteiger partial charge in [0.05, 0.1) is 18.8 Å². The van der Waals surface area contributed by atoms with Crippen LogP contribution in [0.5, 0.6) is 0 Å². The highest BCUT2D eigenvalue weighted by Crippen LogP contribution is 2.47. The van der Waals surface area contributed by atoms with Crippen LogP contribution in [-0.4, -0.2) is 37.7 Å². The molecule has 1 heterocycles. The van der Waals surface area contributed by atoms with Gasteiger partial charge in [0.15, 0.2) is 0 Å². The van der Waals surface area contributed by atoms with Crippen molar-refractivity contribution in [3.8, 4) is 0 Å². The van der Waals surface area contributed by atoms with Gasteiger partial charge in [0.1, 0.15) is 11.5 Å². The molecule has 4 nitrogen and oxygen atoms in total. The van der Waals surface area contributed by atoms with E-state index in [2.05, 4.69) is 44.9 Å². The van der Waals surface area contributed by atoms with E-state index in [-0.39, 0.29) is 12.1 Å². The summed E-state index contributed by atoms with van der Waals surface area (Å²) in [4.78, 5) is 2.21. The Bertz CT molecular complexity index is 416. The minimum absolute atomic E-state index is 0.133. The topological polar surface area (TPSA) is 51.6 Å². The summed E-state index contributed by atoms with van der Waals surface area (Å²) in [6.07, 6.45) is 1.52. The lowest BCUT2D eigenvalue weighted by molar-refractivity contribution is 0.0542. The van der Waals surface area contributed by atoms with Crippen LogP contribution in [0.25, 0.3) is 0 Å². The molecule has 3 unspecified atom stereocenters. The Balaban J connectivity index is 1.91. The molecule has 20 heavy (non-hydrogen) atoms. The van der Waals surface area contributed by atoms with Gasteiger partial charge in [-0.15, -0.1) is 0 Å². The Kier molecular flexibility index (Phi) is 5.24. The zero-order chi connectivity index (χ0) is 14.7. The maximum Gasteiger partial charge on any atom is 0.122 e. The Morgan fingerprint density at radius 1 is 1.45 bits per heavy atom. The average Bonchev–Trinajstić information content (AvgIpc) is 2.92. The highest BCUT2D eigenvalue weighted by atomic mass is 16.5. The van der Waals surface area contributed by atoms with Gasteiger partial charge in [-0.05, 0) is 45.4 Å². The van der Waals surface area contributed by atoms with E-state index in [1.165, 1.54) is 6.42 Å². The Morgan fingerprint density at radius 2 is 2.15 bits per heavy atom. The molecule has 1 aliphatic rings. The van der Waals surface area contributed by atoms with Crippen LogP contribution in [0.15, 0.2) is 16.5 Å². The third-order valence-corrected chi connectivity index (χ3v) is 4.10. The number of furan rings is 1. The summed E-state index contributed by atoms with van der Waals surface area (Å²) in [6, 6.07) is 4.33. The molecule has 0 saturated heterocycles. The minimum Gasteiger partial charge on any atom is -0.464 e. The first-order valence-electron chi connectivity index (χ1n) is 7.64. The maximum absolute atomic E-state index is 6.02. The molecule has 3 atom stereocenters. The third kappa shape index (κ3) is 3.84. The van der Waals surface area contributed by atoms with E-state index in [1.807, 2.05) is 0 Å². The molecule has 0 aromatic carbocycles. The van der Waals surface area contributed by atoms with Crippen molar-refractivity contribution in [3.63, 3.8) is 0 Å². The summed E-state index contributed by atoms with van der Waals surface area (Å²) < 4.78 is 11.6. The lowest BCUT2D eigenvalue weighted by atomic mass is 10.2. The van der Waals surface area contributed by atoms with Crippen molar-refractivity contribution in [2.45, 2.75) is 45.3 Å². The maximum atomic E-state index is 6.02. The van der Waals surface area contributed by atoms with Gasteiger partial charge in [0, 0.05) is 19.0 Å². The summed E-state index contributed by atoms with van der Waals surface area (Å²) in [5.41, 5.74) is 5.92. The normalized spacial score (nSPS) is 23.6. The van der Waals surface area contributed by atoms with Crippen LogP contribution in [0.3, 0.4) is 0 Å². The molecule has 0 radical (unpaired) electrons. The zero-order valence-corrected chi connectivity index (χ0v) is 13.1. The van der Waals surface area contributed by atoms with Crippen molar-refractivity contribution in [3.05, 3.63) is 23.7 Å². The molecule has 0 spiro atoms. The molecule has 1 aliphatic carbocycles. The van der Waals surface area contributed by atoms with Gasteiger partial charge in [-0.1, -0.05) is 6.92 Å². The van der Waals surface area contributed by atoms with E-state index >= 15 is 0 Å². The van der Waals surface area contributed by atoms with Gasteiger partial charge >= 0.3 is 0 Å². The predicted octanol–water partition coefficient (Wildman–Crippen LogP) is 2.76. The van der Waals surface area contributed by atoms with Gasteiger partial charge in [-0.2, -0.15) is 0 Å². The Labute approximate surface area is 122 Å². The molecule has 1 saturated carbocycles. The molecule has 1 aromatic heterocycles. The van der Waals surface area contributed by atoms with Crippen LogP contribution in [0.2, 0.25) is 0 Å². The van der Waals surface area contributed by atoms with Crippen molar-refractivity contribution >= 4 is 0 Å². The van der Waals surface area contributed by atoms with Crippen LogP contribution in [0.1, 0.15) is 50.7 Å². The number of hydrogen-bond acceptors (Lipinski definition) is 4. The predicted molar refractivity (Wildman–Crippen MR) is 80.7 cm³/mol. The Morgan fingerprint density at radius 3 is 2.70 bits per heavy atom. The monoisotopic (exact) mass is 280 g/mol. The number of hydrogen-bond donors (Lipinski definition) is 1. The summed E-state index contributed by atoms with van der Waals surface area (Å²) in [7, 11) is 2.07. The van der Waals surface area contributed by atoms with Crippen LogP contribution in [0, 0.1) is 5.92 Å². The SMILES string of the molecule is CC(C)OCCN(C)C(CN)c1ccc(C2CC2C)o1. The van der Waals surface area contributed by atoms with E-state index in [0.29, 0.717) is 12.5 Å². The number of nitrogens with zero attached hydrogens (tertiary/aromatic N) is 1. The molecule has 1 fully saturated rings. The van der Waals surface area contributed by atoms with Gasteiger partial charge in [0.2, 0.25) is 0 Å². The quantitative estimate of drug-likeness (QED) is 0.795. The van der Waals surface area contributed by atoms with E-state index in [0.717, 1.165) is 30.6 Å². The van der Waals surface area contributed by atoms with Crippen molar-refractivity contribution in [1.29, 1.82) is 0 Å². The molecular formula is C16H28N2O2. The highest BCUT2D eigenvalue weighted by Gasteiger charge is 2.37. The van der Waals surface area contributed by atoms with E-state index in [9.17, 15) is 0 Å². The largest absolute Gasteiger partial charge is 0.464 e. The summed E-state index contributed by atoms with van der Waals surface area (Å²) in [5, 5.41) is 0. The van der Waals surface area contributed by atoms with Crippen LogP contribution < -0.4 is 5.73 Å². The first-order valence-corrected chi connectivity index (χ1v) is 7.64. The lowest BCUT2D eigenvalue weighted by Crippen LogP contribution is -2.33. The molecule has 0 amide bonds. The second-order valence-corrected chi connectivity index (χ2v) is 6.21. The van der Waals surface area contributed by atoms with Crippen LogP contribution in [-0.2, 0) is 4.74 Å². The summed E-state index contributed by atoms with van der Waals surface area (Å²) >= 11 is 0. The zero-order valence-electron chi connectivity index (χ0n) is 13.1. The van der Waals surface area contributed by atoms with Gasteiger partial charge in [-0.25, -0.2) is 0 Å². The van der Waals surface area contributed by atoms with E-state index < -0.39 is 0 Å². The second kappa shape index (κ2) is 6.74. The number of likely N-dealkylation sites (N-methyl/N-ethyl adjacent to an activating group) is 1. The molecule has 2 rings (SSSR count). The summed E-state index contributed by atoms with van der Waals surface area (Å²) in [6.45, 7) is 8.51. The molecule has 1 aromatic rings. The smallest absolute Gasteiger partial charge is 0.122 e. The lowest BCUT2D eigenvalue weighted by Gasteiger charge is -2.25. The van der Waals surface area contributed by atoms with Gasteiger partial charge < -0.3 is 14.9 Å². The highest BCUT2D eigenvalue weighted by molar-refractivity contribution is 5.19. The number of rotatable bonds is 8. The fourth-order valence-electron chi connectivity index (χ4n) is 2.57. The first-order chi connectivity index (χ1) is 9.52. The van der Waals surface area contributed by atoms with E-state index in [4.69, 9.17) is 14.9 Å². The van der Waals surface area contributed by atoms with Crippen LogP contribution >= 0.6 is 0 Å². The fraction of sp³-hybridized carbons (Fsp3) is 0.750. The molecule has 114 valence electrons. The van der Waals surface area contributed by atoms with Crippen LogP contribution in [0.4, 0.5) is 0 Å². The van der Waals surface area contributed by atoms with Gasteiger partial charge in [0.25, 0.3) is 0 Å². The molecule has 4 heteroatoms. The Hall–Kier alpha value is -0.840. The minimum atomic E-state index is 0.133. The van der Waals surface area contributed by atoms with Gasteiger partial charge in [-0.3, -0.25) is 4.90 Å². The second-order valence-electron chi connectivity index (χ2n) is 6.21. The third-order valence-electron chi connectivity index (χ3n) is 4.10. The first kappa shape index (κ1) is 15.5. The fourth-order valence-corrected chi connectivity index (χ4v) is 2.57. The van der Waals surface area contributed by atoms with Crippen molar-refractivity contribution in [2.24, 2.45) is 11.7 Å². The standard InChI is InChI=1S/C16H28N2O2/c1-11(2)19-8-7-18(4)14(10-17)16-6-5-15(20-16)13-9-12(13)3/h5-6,11-14H,7-10,17H2,1-4H3. The average molecular weight is 280 g/mol. The number of ether oxygens (including phenoxy) is 1. The molecular weight excluding hydrogens is 252 g/mol. The molecule has 0 bridgehead atoms. The van der Waals surface area contributed by atoms with Crippen molar-refractivity contribution in [2.75, 3.05) is 26.7 Å². The van der Waals surface area contributed by atoms with E-state index in [1.54, 1.807) is 0 Å². The van der Waals surface area contributed by atoms with Crippen molar-refractivity contribution < 1.29 is 9.15 Å². The number of nitrogens with two attached hydrogens (primary N) is 1. The molecule has 2 N–H and O–H groups in total. The van der Waals surface area contributed by atoms with Crippen molar-refractivity contribution in [1.82, 2.24) is 4.90 Å². The molecule has 0 aliphatic heterocycles.